The van der Waals surface area contributed by atoms with Gasteiger partial charge in [0.1, 0.15) is 5.75 Å². The summed E-state index contributed by atoms with van der Waals surface area (Å²) in [4.78, 5) is 11.8. The summed E-state index contributed by atoms with van der Waals surface area (Å²) in [6, 6.07) is 7.51. The number of carbonyl (C=O) groups excluding carboxylic acids is 1. The van der Waals surface area contributed by atoms with Crippen LogP contribution < -0.4 is 10.1 Å². The first-order valence-corrected chi connectivity index (χ1v) is 6.68. The minimum atomic E-state index is 0.0737. The van der Waals surface area contributed by atoms with E-state index in [0.29, 0.717) is 18.9 Å². The van der Waals surface area contributed by atoms with Crippen LogP contribution in [0.3, 0.4) is 0 Å². The summed E-state index contributed by atoms with van der Waals surface area (Å²) in [5, 5.41) is 2.91. The third kappa shape index (κ3) is 5.21. The Morgan fingerprint density at radius 1 is 1.39 bits per heavy atom. The van der Waals surface area contributed by atoms with Crippen molar-refractivity contribution < 1.29 is 9.53 Å². The first-order valence-electron chi connectivity index (χ1n) is 6.68. The lowest BCUT2D eigenvalue weighted by Crippen LogP contribution is -2.15. The molecule has 0 aliphatic rings. The largest absolute Gasteiger partial charge is 0.494 e. The van der Waals surface area contributed by atoms with E-state index in [0.717, 1.165) is 24.3 Å². The zero-order valence-electron chi connectivity index (χ0n) is 11.5. The highest BCUT2D eigenvalue weighted by molar-refractivity contribution is 5.91. The van der Waals surface area contributed by atoms with Gasteiger partial charge in [0.15, 0.2) is 0 Å². The molecule has 1 aromatic carbocycles. The number of hydrogen-bond donors (Lipinski definition) is 1. The molecule has 0 aliphatic heterocycles. The SMILES string of the molecule is CCCC(C)CC(=O)Nc1cccc(OCC)c1. The summed E-state index contributed by atoms with van der Waals surface area (Å²) < 4.78 is 5.40. The standard InChI is InChI=1S/C15H23NO2/c1-4-7-12(3)10-15(17)16-13-8-6-9-14(11-13)18-5-2/h6,8-9,11-12H,4-5,7,10H2,1-3H3,(H,16,17). The van der Waals surface area contributed by atoms with Crippen LogP contribution >= 0.6 is 0 Å². The Balaban J connectivity index is 2.50. The molecule has 1 unspecified atom stereocenters. The molecule has 1 N–H and O–H groups in total. The molecule has 1 aromatic rings. The van der Waals surface area contributed by atoms with Crippen LogP contribution in [-0.2, 0) is 4.79 Å². The molecule has 18 heavy (non-hydrogen) atoms. The van der Waals surface area contributed by atoms with Crippen molar-refractivity contribution in [3.63, 3.8) is 0 Å². The highest BCUT2D eigenvalue weighted by Gasteiger charge is 2.08. The molecule has 0 fully saturated rings. The van der Waals surface area contributed by atoms with Gasteiger partial charge in [-0.2, -0.15) is 0 Å². The van der Waals surface area contributed by atoms with E-state index >= 15 is 0 Å². The summed E-state index contributed by atoms with van der Waals surface area (Å²) in [6.45, 7) is 6.82. The van der Waals surface area contributed by atoms with Crippen LogP contribution in [0.2, 0.25) is 0 Å². The second-order valence-corrected chi connectivity index (χ2v) is 4.61. The van der Waals surface area contributed by atoms with Crippen LogP contribution in [-0.4, -0.2) is 12.5 Å². The van der Waals surface area contributed by atoms with Crippen LogP contribution in [0.1, 0.15) is 40.0 Å². The molecule has 0 bridgehead atoms. The van der Waals surface area contributed by atoms with Crippen molar-refractivity contribution in [2.75, 3.05) is 11.9 Å². The van der Waals surface area contributed by atoms with E-state index in [1.54, 1.807) is 0 Å². The van der Waals surface area contributed by atoms with E-state index < -0.39 is 0 Å². The Morgan fingerprint density at radius 2 is 2.17 bits per heavy atom. The highest BCUT2D eigenvalue weighted by atomic mass is 16.5. The molecule has 1 atom stereocenters. The van der Waals surface area contributed by atoms with Gasteiger partial charge in [-0.1, -0.05) is 32.8 Å². The molecule has 0 heterocycles. The molecule has 0 aromatic heterocycles. The number of anilines is 1. The van der Waals surface area contributed by atoms with E-state index in [-0.39, 0.29) is 5.91 Å². The van der Waals surface area contributed by atoms with Crippen LogP contribution in [0.15, 0.2) is 24.3 Å². The molecule has 100 valence electrons. The Hall–Kier alpha value is -1.51. The molecular formula is C15H23NO2. The maximum absolute atomic E-state index is 11.8. The normalized spacial score (nSPS) is 11.9. The number of benzene rings is 1. The molecule has 1 amide bonds. The summed E-state index contributed by atoms with van der Waals surface area (Å²) >= 11 is 0. The van der Waals surface area contributed by atoms with E-state index in [4.69, 9.17) is 4.74 Å². The molecule has 0 radical (unpaired) electrons. The van der Waals surface area contributed by atoms with Gasteiger partial charge in [0.05, 0.1) is 6.61 Å². The first-order chi connectivity index (χ1) is 8.65. The number of carbonyl (C=O) groups is 1. The number of hydrogen-bond acceptors (Lipinski definition) is 2. The van der Waals surface area contributed by atoms with Crippen molar-refractivity contribution in [3.8, 4) is 5.75 Å². The average Bonchev–Trinajstić information content (AvgIpc) is 2.29. The molecule has 0 spiro atoms. The second kappa shape index (κ2) is 7.75. The molecule has 3 nitrogen and oxygen atoms in total. The van der Waals surface area contributed by atoms with Gasteiger partial charge in [-0.15, -0.1) is 0 Å². The highest BCUT2D eigenvalue weighted by Crippen LogP contribution is 2.18. The fourth-order valence-corrected chi connectivity index (χ4v) is 1.95. The van der Waals surface area contributed by atoms with Gasteiger partial charge in [-0.05, 0) is 25.0 Å². The second-order valence-electron chi connectivity index (χ2n) is 4.61. The lowest BCUT2D eigenvalue weighted by atomic mass is 10.0. The quantitative estimate of drug-likeness (QED) is 0.797. The molecular weight excluding hydrogens is 226 g/mol. The van der Waals surface area contributed by atoms with Gasteiger partial charge >= 0.3 is 0 Å². The molecule has 0 aliphatic carbocycles. The molecule has 0 saturated carbocycles. The Bertz CT molecular complexity index is 377. The zero-order valence-corrected chi connectivity index (χ0v) is 11.5. The Morgan fingerprint density at radius 3 is 2.83 bits per heavy atom. The van der Waals surface area contributed by atoms with Crippen LogP contribution in [0.25, 0.3) is 0 Å². The zero-order chi connectivity index (χ0) is 13.4. The van der Waals surface area contributed by atoms with E-state index in [1.165, 1.54) is 0 Å². The monoisotopic (exact) mass is 249 g/mol. The Kier molecular flexibility index (Phi) is 6.26. The van der Waals surface area contributed by atoms with E-state index in [9.17, 15) is 4.79 Å². The van der Waals surface area contributed by atoms with Crippen molar-refractivity contribution >= 4 is 11.6 Å². The third-order valence-electron chi connectivity index (χ3n) is 2.74. The summed E-state index contributed by atoms with van der Waals surface area (Å²) in [6.07, 6.45) is 2.79. The van der Waals surface area contributed by atoms with Gasteiger partial charge in [0.2, 0.25) is 5.91 Å². The number of rotatable bonds is 7. The topological polar surface area (TPSA) is 38.3 Å². The number of nitrogens with one attached hydrogen (secondary N) is 1. The molecule has 1 rings (SSSR count). The maximum atomic E-state index is 11.8. The van der Waals surface area contributed by atoms with Gasteiger partial charge in [0, 0.05) is 18.2 Å². The van der Waals surface area contributed by atoms with Crippen molar-refractivity contribution in [2.45, 2.75) is 40.0 Å². The van der Waals surface area contributed by atoms with E-state index in [1.807, 2.05) is 31.2 Å². The lowest BCUT2D eigenvalue weighted by molar-refractivity contribution is -0.117. The van der Waals surface area contributed by atoms with Crippen molar-refractivity contribution in [1.82, 2.24) is 0 Å². The lowest BCUT2D eigenvalue weighted by Gasteiger charge is -2.11. The maximum Gasteiger partial charge on any atom is 0.224 e. The van der Waals surface area contributed by atoms with Crippen molar-refractivity contribution in [3.05, 3.63) is 24.3 Å². The van der Waals surface area contributed by atoms with Gasteiger partial charge in [0.25, 0.3) is 0 Å². The minimum Gasteiger partial charge on any atom is -0.494 e. The minimum absolute atomic E-state index is 0.0737. The van der Waals surface area contributed by atoms with Crippen molar-refractivity contribution in [2.24, 2.45) is 5.92 Å². The van der Waals surface area contributed by atoms with Crippen molar-refractivity contribution in [1.29, 1.82) is 0 Å². The predicted octanol–water partition coefficient (Wildman–Crippen LogP) is 3.85. The average molecular weight is 249 g/mol. The third-order valence-corrected chi connectivity index (χ3v) is 2.74. The fourth-order valence-electron chi connectivity index (χ4n) is 1.95. The first kappa shape index (κ1) is 14.6. The summed E-state index contributed by atoms with van der Waals surface area (Å²) in [5.74, 6) is 1.30. The van der Waals surface area contributed by atoms with Gasteiger partial charge in [-0.25, -0.2) is 0 Å². The van der Waals surface area contributed by atoms with Gasteiger partial charge in [-0.3, -0.25) is 4.79 Å². The Labute approximate surface area is 110 Å². The van der Waals surface area contributed by atoms with Crippen LogP contribution in [0.4, 0.5) is 5.69 Å². The fraction of sp³-hybridized carbons (Fsp3) is 0.533. The number of amides is 1. The molecule has 3 heteroatoms. The van der Waals surface area contributed by atoms with Crippen LogP contribution in [0, 0.1) is 5.92 Å². The van der Waals surface area contributed by atoms with Crippen LogP contribution in [0.5, 0.6) is 5.75 Å². The number of ether oxygens (including phenoxy) is 1. The summed E-state index contributed by atoms with van der Waals surface area (Å²) in [5.41, 5.74) is 0.801. The van der Waals surface area contributed by atoms with E-state index in [2.05, 4.69) is 19.2 Å². The van der Waals surface area contributed by atoms with Gasteiger partial charge < -0.3 is 10.1 Å². The smallest absolute Gasteiger partial charge is 0.224 e. The summed E-state index contributed by atoms with van der Waals surface area (Å²) in [7, 11) is 0. The molecule has 0 saturated heterocycles. The predicted molar refractivity (Wildman–Crippen MR) is 74.9 cm³/mol.